The summed E-state index contributed by atoms with van der Waals surface area (Å²) in [6, 6.07) is 0. The Kier molecular flexibility index (Phi) is 4.20. The van der Waals surface area contributed by atoms with Crippen LogP contribution in [-0.4, -0.2) is 63.1 Å². The summed E-state index contributed by atoms with van der Waals surface area (Å²) in [4.78, 5) is 23.7. The van der Waals surface area contributed by atoms with Gasteiger partial charge in [0.15, 0.2) is 5.65 Å². The molecule has 0 radical (unpaired) electrons. The molecule has 20 heavy (non-hydrogen) atoms. The van der Waals surface area contributed by atoms with Gasteiger partial charge in [-0.25, -0.2) is 9.97 Å². The van der Waals surface area contributed by atoms with E-state index < -0.39 is 0 Å². The van der Waals surface area contributed by atoms with Crippen molar-refractivity contribution in [3.05, 3.63) is 17.2 Å². The molecule has 8 heteroatoms. The zero-order valence-corrected chi connectivity index (χ0v) is 12.7. The Morgan fingerprint density at radius 2 is 2.05 bits per heavy atom. The van der Waals surface area contributed by atoms with E-state index in [1.54, 1.807) is 36.9 Å². The molecule has 2 aromatic rings. The minimum absolute atomic E-state index is 0.0280. The summed E-state index contributed by atoms with van der Waals surface area (Å²) in [7, 11) is 7.09. The molecule has 0 aliphatic rings. The first kappa shape index (κ1) is 14.7. The molecule has 1 amide bonds. The smallest absolute Gasteiger partial charge is 0.236 e. The van der Waals surface area contributed by atoms with E-state index in [-0.39, 0.29) is 5.91 Å². The van der Waals surface area contributed by atoms with Crippen molar-refractivity contribution in [3.63, 3.8) is 0 Å². The number of carbonyl (C=O) groups is 1. The number of fused-ring (bicyclic) bond motifs is 1. The van der Waals surface area contributed by atoms with Crippen molar-refractivity contribution in [2.24, 2.45) is 7.05 Å². The van der Waals surface area contributed by atoms with Crippen LogP contribution in [0.25, 0.3) is 11.0 Å². The molecule has 0 fully saturated rings. The van der Waals surface area contributed by atoms with Crippen molar-refractivity contribution in [2.75, 3.05) is 27.7 Å². The number of nitrogens with zero attached hydrogens (tertiary/aromatic N) is 6. The van der Waals surface area contributed by atoms with Crippen LogP contribution in [0.3, 0.4) is 0 Å². The van der Waals surface area contributed by atoms with Gasteiger partial charge in [0.1, 0.15) is 11.0 Å². The van der Waals surface area contributed by atoms with E-state index in [0.29, 0.717) is 29.7 Å². The molecule has 2 rings (SSSR count). The lowest BCUT2D eigenvalue weighted by Crippen LogP contribution is -2.34. The van der Waals surface area contributed by atoms with Crippen molar-refractivity contribution in [1.82, 2.24) is 29.5 Å². The molecule has 0 aromatic carbocycles. The van der Waals surface area contributed by atoms with Crippen LogP contribution in [-0.2, 0) is 18.4 Å². The van der Waals surface area contributed by atoms with Crippen LogP contribution in [0.1, 0.15) is 5.82 Å². The monoisotopic (exact) mass is 296 g/mol. The standard InChI is InChI=1S/C12H17ClN6O/c1-17(2)10(20)7-18(3)6-9-15-11(13)8-5-14-19(4)12(8)16-9/h5H,6-7H2,1-4H3. The van der Waals surface area contributed by atoms with Crippen LogP contribution in [0.2, 0.25) is 5.15 Å². The van der Waals surface area contributed by atoms with Gasteiger partial charge in [0.05, 0.1) is 24.7 Å². The average Bonchev–Trinajstić information content (AvgIpc) is 2.71. The number of aryl methyl sites for hydroxylation is 1. The van der Waals surface area contributed by atoms with E-state index in [2.05, 4.69) is 15.1 Å². The number of hydrogen-bond donors (Lipinski definition) is 0. The molecule has 2 heterocycles. The third-order valence-electron chi connectivity index (χ3n) is 2.91. The fourth-order valence-electron chi connectivity index (χ4n) is 1.77. The van der Waals surface area contributed by atoms with Crippen LogP contribution in [0.4, 0.5) is 0 Å². The third kappa shape index (κ3) is 3.05. The normalized spacial score (nSPS) is 11.3. The zero-order valence-electron chi connectivity index (χ0n) is 12.0. The van der Waals surface area contributed by atoms with E-state index in [4.69, 9.17) is 11.6 Å². The molecule has 0 N–H and O–H groups in total. The van der Waals surface area contributed by atoms with Crippen molar-refractivity contribution >= 4 is 28.5 Å². The lowest BCUT2D eigenvalue weighted by molar-refractivity contribution is -0.129. The fraction of sp³-hybridized carbons (Fsp3) is 0.500. The van der Waals surface area contributed by atoms with Gasteiger partial charge in [-0.3, -0.25) is 14.4 Å². The molecule has 7 nitrogen and oxygen atoms in total. The van der Waals surface area contributed by atoms with E-state index in [1.807, 2.05) is 11.9 Å². The van der Waals surface area contributed by atoms with Crippen molar-refractivity contribution in [1.29, 1.82) is 0 Å². The number of likely N-dealkylation sites (N-methyl/N-ethyl adjacent to an activating group) is 2. The van der Waals surface area contributed by atoms with Crippen LogP contribution in [0.15, 0.2) is 6.20 Å². The molecule has 0 aliphatic carbocycles. The molecule has 108 valence electrons. The second-order valence-electron chi connectivity index (χ2n) is 4.90. The van der Waals surface area contributed by atoms with Gasteiger partial charge in [-0.15, -0.1) is 0 Å². The van der Waals surface area contributed by atoms with Gasteiger partial charge in [-0.1, -0.05) is 11.6 Å². The summed E-state index contributed by atoms with van der Waals surface area (Å²) >= 11 is 6.12. The van der Waals surface area contributed by atoms with Gasteiger partial charge in [-0.2, -0.15) is 5.10 Å². The Labute approximate surface area is 122 Å². The largest absolute Gasteiger partial charge is 0.348 e. The minimum atomic E-state index is 0.0280. The quantitative estimate of drug-likeness (QED) is 0.770. The maximum Gasteiger partial charge on any atom is 0.236 e. The molecular weight excluding hydrogens is 280 g/mol. The predicted octanol–water partition coefficient (Wildman–Crippen LogP) is 0.537. The summed E-state index contributed by atoms with van der Waals surface area (Å²) in [5.41, 5.74) is 0.687. The number of amides is 1. The zero-order chi connectivity index (χ0) is 14.9. The number of halogens is 1. The lowest BCUT2D eigenvalue weighted by atomic mass is 10.4. The molecule has 0 spiro atoms. The molecule has 0 saturated carbocycles. The molecule has 0 saturated heterocycles. The molecule has 0 aliphatic heterocycles. The second-order valence-corrected chi connectivity index (χ2v) is 5.25. The van der Waals surface area contributed by atoms with Crippen molar-refractivity contribution < 1.29 is 4.79 Å². The van der Waals surface area contributed by atoms with Crippen molar-refractivity contribution in [2.45, 2.75) is 6.54 Å². The fourth-order valence-corrected chi connectivity index (χ4v) is 2.00. The Bertz CT molecular complexity index is 638. The Hall–Kier alpha value is -1.73. The van der Waals surface area contributed by atoms with Crippen LogP contribution in [0, 0.1) is 0 Å². The summed E-state index contributed by atoms with van der Waals surface area (Å²) in [6.45, 7) is 0.748. The van der Waals surface area contributed by atoms with Gasteiger partial charge < -0.3 is 4.90 Å². The van der Waals surface area contributed by atoms with E-state index in [9.17, 15) is 4.79 Å². The van der Waals surface area contributed by atoms with E-state index in [0.717, 1.165) is 5.39 Å². The van der Waals surface area contributed by atoms with Crippen LogP contribution < -0.4 is 0 Å². The number of aromatic nitrogens is 4. The topological polar surface area (TPSA) is 67.2 Å². The first-order valence-electron chi connectivity index (χ1n) is 6.11. The highest BCUT2D eigenvalue weighted by molar-refractivity contribution is 6.33. The SMILES string of the molecule is CN(CC(=O)N(C)C)Cc1nc(Cl)c2cnn(C)c2n1. The summed E-state index contributed by atoms with van der Waals surface area (Å²) in [6.07, 6.45) is 1.64. The highest BCUT2D eigenvalue weighted by atomic mass is 35.5. The summed E-state index contributed by atoms with van der Waals surface area (Å²) < 4.78 is 1.65. The van der Waals surface area contributed by atoms with Crippen LogP contribution >= 0.6 is 11.6 Å². The van der Waals surface area contributed by atoms with E-state index >= 15 is 0 Å². The predicted molar refractivity (Wildman–Crippen MR) is 76.3 cm³/mol. The van der Waals surface area contributed by atoms with Gasteiger partial charge in [0.25, 0.3) is 0 Å². The highest BCUT2D eigenvalue weighted by Gasteiger charge is 2.13. The molecule has 0 atom stereocenters. The summed E-state index contributed by atoms with van der Waals surface area (Å²) in [5.74, 6) is 0.598. The van der Waals surface area contributed by atoms with E-state index in [1.165, 1.54) is 0 Å². The third-order valence-corrected chi connectivity index (χ3v) is 3.20. The number of carbonyl (C=O) groups excluding carboxylic acids is 1. The van der Waals surface area contributed by atoms with Gasteiger partial charge >= 0.3 is 0 Å². The maximum atomic E-state index is 11.6. The lowest BCUT2D eigenvalue weighted by Gasteiger charge is -2.18. The molecule has 0 unspecified atom stereocenters. The van der Waals surface area contributed by atoms with Gasteiger partial charge in [0, 0.05) is 21.1 Å². The molecule has 2 aromatic heterocycles. The minimum Gasteiger partial charge on any atom is -0.348 e. The Morgan fingerprint density at radius 3 is 2.70 bits per heavy atom. The number of hydrogen-bond acceptors (Lipinski definition) is 5. The maximum absolute atomic E-state index is 11.6. The second kappa shape index (κ2) is 5.72. The summed E-state index contributed by atoms with van der Waals surface area (Å²) in [5, 5.41) is 5.21. The molecular formula is C12H17ClN6O. The average molecular weight is 297 g/mol. The first-order valence-corrected chi connectivity index (χ1v) is 6.49. The van der Waals surface area contributed by atoms with Crippen LogP contribution in [0.5, 0.6) is 0 Å². The first-order chi connectivity index (χ1) is 9.38. The Balaban J connectivity index is 2.17. The highest BCUT2D eigenvalue weighted by Crippen LogP contribution is 2.19. The molecule has 0 bridgehead atoms. The van der Waals surface area contributed by atoms with Gasteiger partial charge in [0.2, 0.25) is 5.91 Å². The van der Waals surface area contributed by atoms with Crippen molar-refractivity contribution in [3.8, 4) is 0 Å². The Morgan fingerprint density at radius 1 is 1.35 bits per heavy atom. The van der Waals surface area contributed by atoms with Gasteiger partial charge in [-0.05, 0) is 7.05 Å². The number of rotatable bonds is 4.